The van der Waals surface area contributed by atoms with Gasteiger partial charge in [0.1, 0.15) is 0 Å². The number of hydrogen-bond acceptors (Lipinski definition) is 3. The summed E-state index contributed by atoms with van der Waals surface area (Å²) < 4.78 is 5.53. The van der Waals surface area contributed by atoms with Crippen molar-refractivity contribution >= 4 is 11.6 Å². The molecule has 1 heterocycles. The summed E-state index contributed by atoms with van der Waals surface area (Å²) in [6.07, 6.45) is 0. The quantitative estimate of drug-likeness (QED) is 0.801. The van der Waals surface area contributed by atoms with Crippen LogP contribution in [0.25, 0.3) is 0 Å². The van der Waals surface area contributed by atoms with Crippen LogP contribution in [0.15, 0.2) is 11.1 Å². The average molecular weight is 247 g/mol. The molecule has 0 bridgehead atoms. The normalized spacial score (nSPS) is 24.1. The lowest BCUT2D eigenvalue weighted by molar-refractivity contribution is -0.00273. The van der Waals surface area contributed by atoms with Gasteiger partial charge in [-0.3, -0.25) is 4.90 Å². The fourth-order valence-electron chi connectivity index (χ4n) is 1.81. The van der Waals surface area contributed by atoms with E-state index in [0.29, 0.717) is 12.1 Å². The Labute approximate surface area is 104 Å². The maximum absolute atomic E-state index is 5.71. The highest BCUT2D eigenvalue weighted by Crippen LogP contribution is 2.10. The van der Waals surface area contributed by atoms with Crippen LogP contribution in [0.1, 0.15) is 20.8 Å². The summed E-state index contributed by atoms with van der Waals surface area (Å²) in [5.41, 5.74) is 2.88. The summed E-state index contributed by atoms with van der Waals surface area (Å²) in [5, 5.41) is 3.46. The number of rotatable bonds is 5. The lowest BCUT2D eigenvalue weighted by atomic mass is 10.2. The summed E-state index contributed by atoms with van der Waals surface area (Å²) in [4.78, 5) is 2.44. The Morgan fingerprint density at radius 2 is 2.38 bits per heavy atom. The number of halogens is 1. The predicted molar refractivity (Wildman–Crippen MR) is 68.9 cm³/mol. The lowest BCUT2D eigenvalue weighted by Crippen LogP contribution is -2.51. The topological polar surface area (TPSA) is 24.5 Å². The van der Waals surface area contributed by atoms with Crippen LogP contribution in [-0.4, -0.2) is 49.8 Å². The third-order valence-corrected chi connectivity index (χ3v) is 3.12. The zero-order valence-electron chi connectivity index (χ0n) is 10.5. The van der Waals surface area contributed by atoms with Gasteiger partial charge in [-0.05, 0) is 12.5 Å². The number of morpholine rings is 1. The molecule has 1 N–H and O–H groups in total. The molecule has 0 saturated carbocycles. The van der Waals surface area contributed by atoms with Crippen molar-refractivity contribution in [2.75, 3.05) is 32.8 Å². The van der Waals surface area contributed by atoms with Gasteiger partial charge in [-0.15, -0.1) is 0 Å². The Hall–Kier alpha value is -0.0900. The van der Waals surface area contributed by atoms with E-state index < -0.39 is 0 Å². The van der Waals surface area contributed by atoms with Crippen molar-refractivity contribution < 1.29 is 4.74 Å². The minimum Gasteiger partial charge on any atom is -0.378 e. The van der Waals surface area contributed by atoms with Crippen molar-refractivity contribution in [2.24, 2.45) is 0 Å². The van der Waals surface area contributed by atoms with E-state index in [1.807, 2.05) is 0 Å². The van der Waals surface area contributed by atoms with Gasteiger partial charge in [-0.1, -0.05) is 25.4 Å². The third-order valence-electron chi connectivity index (χ3n) is 2.75. The maximum atomic E-state index is 5.71. The van der Waals surface area contributed by atoms with E-state index in [1.54, 1.807) is 5.54 Å². The van der Waals surface area contributed by atoms with Crippen LogP contribution in [0.5, 0.6) is 0 Å². The third kappa shape index (κ3) is 4.83. The highest BCUT2D eigenvalue weighted by atomic mass is 35.5. The van der Waals surface area contributed by atoms with Crippen molar-refractivity contribution in [1.82, 2.24) is 10.2 Å². The molecule has 0 radical (unpaired) electrons. The van der Waals surface area contributed by atoms with Crippen LogP contribution in [-0.2, 0) is 4.74 Å². The molecule has 1 saturated heterocycles. The molecule has 0 aromatic heterocycles. The average Bonchev–Trinajstić information content (AvgIpc) is 2.27. The van der Waals surface area contributed by atoms with Gasteiger partial charge >= 0.3 is 0 Å². The van der Waals surface area contributed by atoms with Crippen molar-refractivity contribution in [1.29, 1.82) is 0 Å². The minimum atomic E-state index is 0.461. The molecule has 0 spiro atoms. The molecule has 1 atom stereocenters. The summed E-state index contributed by atoms with van der Waals surface area (Å²) in [5.74, 6) is 0. The van der Waals surface area contributed by atoms with Gasteiger partial charge < -0.3 is 10.1 Å². The van der Waals surface area contributed by atoms with E-state index in [4.69, 9.17) is 16.3 Å². The van der Waals surface area contributed by atoms with Crippen molar-refractivity contribution in [2.45, 2.75) is 32.9 Å². The number of nitrogens with one attached hydrogen (secondary N) is 1. The highest BCUT2D eigenvalue weighted by Gasteiger charge is 2.22. The first-order valence-corrected chi connectivity index (χ1v) is 6.38. The van der Waals surface area contributed by atoms with Gasteiger partial charge in [-0.25, -0.2) is 0 Å². The maximum Gasteiger partial charge on any atom is 0.0635 e. The molecule has 0 aliphatic carbocycles. The zero-order valence-corrected chi connectivity index (χ0v) is 11.3. The van der Waals surface area contributed by atoms with Crippen LogP contribution < -0.4 is 5.32 Å². The first-order valence-electron chi connectivity index (χ1n) is 5.94. The van der Waals surface area contributed by atoms with Crippen LogP contribution >= 0.6 is 11.6 Å². The molecule has 3 nitrogen and oxygen atoms in total. The smallest absolute Gasteiger partial charge is 0.0635 e. The number of hydrogen-bond donors (Lipinski definition) is 1. The van der Waals surface area contributed by atoms with E-state index in [0.717, 1.165) is 32.8 Å². The molecular weight excluding hydrogens is 224 g/mol. The molecular formula is C12H23ClN2O. The van der Waals surface area contributed by atoms with E-state index in [-0.39, 0.29) is 0 Å². The molecule has 0 aromatic carbocycles. The Kier molecular flexibility index (Phi) is 6.36. The molecule has 1 unspecified atom stereocenters. The highest BCUT2D eigenvalue weighted by molar-refractivity contribution is 6.25. The van der Waals surface area contributed by atoms with Crippen molar-refractivity contribution in [3.8, 4) is 0 Å². The van der Waals surface area contributed by atoms with Gasteiger partial charge in [0.05, 0.1) is 13.2 Å². The molecule has 4 heteroatoms. The van der Waals surface area contributed by atoms with Gasteiger partial charge in [0.25, 0.3) is 0 Å². The molecule has 1 aliphatic heterocycles. The number of ether oxygens (including phenoxy) is 1. The second kappa shape index (κ2) is 7.28. The Balaban J connectivity index is 2.43. The van der Waals surface area contributed by atoms with E-state index in [9.17, 15) is 0 Å². The molecule has 1 rings (SSSR count). The monoisotopic (exact) mass is 246 g/mol. The molecule has 1 fully saturated rings. The SMILES string of the molecule is CC(=CCl)CN1CCOCC1CNC(C)C. The Morgan fingerprint density at radius 3 is 3.00 bits per heavy atom. The summed E-state index contributed by atoms with van der Waals surface area (Å²) in [6.45, 7) is 10.9. The molecule has 1 aliphatic rings. The summed E-state index contributed by atoms with van der Waals surface area (Å²) in [7, 11) is 0. The molecule has 0 aromatic rings. The lowest BCUT2D eigenvalue weighted by Gasteiger charge is -2.36. The fraction of sp³-hybridized carbons (Fsp3) is 0.833. The summed E-state index contributed by atoms with van der Waals surface area (Å²) in [6, 6.07) is 0.983. The molecule has 94 valence electrons. The first kappa shape index (κ1) is 14.0. The minimum absolute atomic E-state index is 0.461. The van der Waals surface area contributed by atoms with Gasteiger partial charge in [0, 0.05) is 37.3 Å². The van der Waals surface area contributed by atoms with Crippen LogP contribution in [0.4, 0.5) is 0 Å². The van der Waals surface area contributed by atoms with Crippen molar-refractivity contribution in [3.05, 3.63) is 11.1 Å². The Morgan fingerprint density at radius 1 is 1.62 bits per heavy atom. The second-order valence-corrected chi connectivity index (χ2v) is 4.94. The Bertz CT molecular complexity index is 231. The zero-order chi connectivity index (χ0) is 12.0. The van der Waals surface area contributed by atoms with E-state index in [2.05, 4.69) is 31.0 Å². The van der Waals surface area contributed by atoms with Crippen LogP contribution in [0.3, 0.4) is 0 Å². The first-order chi connectivity index (χ1) is 7.63. The van der Waals surface area contributed by atoms with E-state index >= 15 is 0 Å². The predicted octanol–water partition coefficient (Wildman–Crippen LogP) is 1.83. The van der Waals surface area contributed by atoms with Gasteiger partial charge in [0.15, 0.2) is 0 Å². The van der Waals surface area contributed by atoms with Gasteiger partial charge in [0.2, 0.25) is 0 Å². The standard InChI is InChI=1S/C12H23ClN2O/c1-10(2)14-7-12-9-16-5-4-15(12)8-11(3)6-13/h6,10,12,14H,4-5,7-9H2,1-3H3. The molecule has 16 heavy (non-hydrogen) atoms. The van der Waals surface area contributed by atoms with Crippen molar-refractivity contribution in [3.63, 3.8) is 0 Å². The van der Waals surface area contributed by atoms with Crippen LogP contribution in [0, 0.1) is 0 Å². The fourth-order valence-corrected chi connectivity index (χ4v) is 1.88. The second-order valence-electron chi connectivity index (χ2n) is 4.72. The van der Waals surface area contributed by atoms with Crippen LogP contribution in [0.2, 0.25) is 0 Å². The van der Waals surface area contributed by atoms with Gasteiger partial charge in [-0.2, -0.15) is 0 Å². The largest absolute Gasteiger partial charge is 0.378 e. The van der Waals surface area contributed by atoms with E-state index in [1.165, 1.54) is 5.57 Å². The number of nitrogens with zero attached hydrogens (tertiary/aromatic N) is 1. The summed E-state index contributed by atoms with van der Waals surface area (Å²) >= 11 is 5.71. The molecule has 0 amide bonds.